The van der Waals surface area contributed by atoms with Gasteiger partial charge in [0.15, 0.2) is 5.82 Å². The molecule has 0 aliphatic carbocycles. The van der Waals surface area contributed by atoms with Crippen molar-refractivity contribution in [3.05, 3.63) is 75.4 Å². The number of aromatic nitrogens is 3. The van der Waals surface area contributed by atoms with Crippen LogP contribution in [-0.2, 0) is 10.9 Å². The number of benzene rings is 1. The Balaban J connectivity index is 1.75. The van der Waals surface area contributed by atoms with Gasteiger partial charge in [0.25, 0.3) is 0 Å². The molecule has 0 aliphatic heterocycles. The molecule has 0 saturated carbocycles. The van der Waals surface area contributed by atoms with Gasteiger partial charge >= 0.3 is 12.1 Å². The van der Waals surface area contributed by atoms with Gasteiger partial charge in [0, 0.05) is 17.4 Å². The van der Waals surface area contributed by atoms with Crippen LogP contribution < -0.4 is 0 Å². The molecule has 0 fully saturated rings. The van der Waals surface area contributed by atoms with E-state index in [1.807, 2.05) is 0 Å². The predicted octanol–water partition coefficient (Wildman–Crippen LogP) is 5.13. The summed E-state index contributed by atoms with van der Waals surface area (Å²) in [5, 5.41) is 8.33. The molecule has 0 bridgehead atoms. The number of aryl methyl sites for hydroxylation is 1. The Morgan fingerprint density at radius 2 is 1.90 bits per heavy atom. The Morgan fingerprint density at radius 1 is 1.23 bits per heavy atom. The van der Waals surface area contributed by atoms with E-state index in [4.69, 9.17) is 33.3 Å². The highest BCUT2D eigenvalue weighted by molar-refractivity contribution is 6.32. The van der Waals surface area contributed by atoms with E-state index in [0.29, 0.717) is 17.0 Å². The lowest BCUT2D eigenvalue weighted by molar-refractivity contribution is -0.137. The van der Waals surface area contributed by atoms with Crippen molar-refractivity contribution in [2.75, 3.05) is 6.61 Å². The average molecular weight is 457 g/mol. The van der Waals surface area contributed by atoms with Crippen molar-refractivity contribution >= 4 is 34.9 Å². The van der Waals surface area contributed by atoms with Gasteiger partial charge < -0.3 is 4.74 Å². The molecule has 2 heterocycles. The summed E-state index contributed by atoms with van der Waals surface area (Å²) in [6, 6.07) is 6.82. The molecular formula is C19H13Cl2F3N4O2. The summed E-state index contributed by atoms with van der Waals surface area (Å²) in [6.45, 7) is 1.22. The molecule has 2 aromatic heterocycles. The molecule has 0 aliphatic rings. The fraction of sp³-hybridized carbons (Fsp3) is 0.158. The SMILES string of the molecule is Cc1nc(C(=N)COC(=O)c2ccc(Cl)cc2)cn1-c1ncc(C(F)(F)F)cc1Cl. The third kappa shape index (κ3) is 4.80. The van der Waals surface area contributed by atoms with Crippen LogP contribution in [0.25, 0.3) is 5.82 Å². The monoisotopic (exact) mass is 456 g/mol. The lowest BCUT2D eigenvalue weighted by Crippen LogP contribution is -2.14. The molecule has 156 valence electrons. The number of nitrogens with zero attached hydrogens (tertiary/aromatic N) is 3. The van der Waals surface area contributed by atoms with Crippen LogP contribution in [0.2, 0.25) is 10.0 Å². The molecule has 0 saturated heterocycles. The van der Waals surface area contributed by atoms with Crippen molar-refractivity contribution in [1.29, 1.82) is 5.41 Å². The third-order valence-corrected chi connectivity index (χ3v) is 4.53. The highest BCUT2D eigenvalue weighted by Gasteiger charge is 2.32. The van der Waals surface area contributed by atoms with Crippen LogP contribution >= 0.6 is 23.2 Å². The maximum atomic E-state index is 12.8. The van der Waals surface area contributed by atoms with Gasteiger partial charge in [-0.05, 0) is 37.3 Å². The van der Waals surface area contributed by atoms with Crippen LogP contribution in [0, 0.1) is 12.3 Å². The van der Waals surface area contributed by atoms with Crippen LogP contribution in [0.5, 0.6) is 0 Å². The maximum Gasteiger partial charge on any atom is 0.417 e. The van der Waals surface area contributed by atoms with Crippen LogP contribution in [0.1, 0.15) is 27.4 Å². The molecule has 0 amide bonds. The zero-order chi connectivity index (χ0) is 22.1. The molecule has 0 atom stereocenters. The van der Waals surface area contributed by atoms with E-state index in [1.54, 1.807) is 6.92 Å². The minimum atomic E-state index is -4.57. The Morgan fingerprint density at radius 3 is 2.50 bits per heavy atom. The number of carbonyl (C=O) groups is 1. The van der Waals surface area contributed by atoms with Crippen molar-refractivity contribution in [2.24, 2.45) is 0 Å². The quantitative estimate of drug-likeness (QED) is 0.426. The first kappa shape index (κ1) is 21.8. The van der Waals surface area contributed by atoms with Crippen molar-refractivity contribution in [2.45, 2.75) is 13.1 Å². The van der Waals surface area contributed by atoms with Crippen molar-refractivity contribution in [3.8, 4) is 5.82 Å². The molecule has 3 rings (SSSR count). The van der Waals surface area contributed by atoms with Gasteiger partial charge in [-0.3, -0.25) is 9.98 Å². The summed E-state index contributed by atoms with van der Waals surface area (Å²) in [6.07, 6.45) is -2.52. The molecular weight excluding hydrogens is 444 g/mol. The zero-order valence-corrected chi connectivity index (χ0v) is 16.8. The van der Waals surface area contributed by atoms with Crippen LogP contribution in [0.3, 0.4) is 0 Å². The third-order valence-electron chi connectivity index (χ3n) is 4.00. The number of ether oxygens (including phenoxy) is 1. The Labute approximate surface area is 178 Å². The summed E-state index contributed by atoms with van der Waals surface area (Å²) in [5.41, 5.74) is -0.651. The predicted molar refractivity (Wildman–Crippen MR) is 105 cm³/mol. The number of hydrogen-bond donors (Lipinski definition) is 1. The van der Waals surface area contributed by atoms with E-state index in [0.717, 1.165) is 6.07 Å². The second-order valence-corrected chi connectivity index (χ2v) is 6.98. The number of esters is 1. The van der Waals surface area contributed by atoms with Crippen LogP contribution in [0.4, 0.5) is 13.2 Å². The van der Waals surface area contributed by atoms with Crippen molar-refractivity contribution in [1.82, 2.24) is 14.5 Å². The largest absolute Gasteiger partial charge is 0.456 e. The molecule has 11 heteroatoms. The number of alkyl halides is 3. The first-order valence-corrected chi connectivity index (χ1v) is 9.11. The molecule has 1 N–H and O–H groups in total. The Kier molecular flexibility index (Phi) is 6.14. The van der Waals surface area contributed by atoms with Gasteiger partial charge in [-0.1, -0.05) is 23.2 Å². The normalized spacial score (nSPS) is 11.4. The molecule has 30 heavy (non-hydrogen) atoms. The van der Waals surface area contributed by atoms with Crippen molar-refractivity contribution in [3.63, 3.8) is 0 Å². The summed E-state index contributed by atoms with van der Waals surface area (Å²) >= 11 is 11.7. The zero-order valence-electron chi connectivity index (χ0n) is 15.3. The lowest BCUT2D eigenvalue weighted by atomic mass is 10.2. The Bertz CT molecular complexity index is 1110. The van der Waals surface area contributed by atoms with Gasteiger partial charge in [0.2, 0.25) is 0 Å². The number of pyridine rings is 1. The lowest BCUT2D eigenvalue weighted by Gasteiger charge is -2.10. The van der Waals surface area contributed by atoms with Gasteiger partial charge in [-0.2, -0.15) is 13.2 Å². The van der Waals surface area contributed by atoms with E-state index in [1.165, 1.54) is 35.0 Å². The van der Waals surface area contributed by atoms with Gasteiger partial charge in [-0.25, -0.2) is 14.8 Å². The smallest absolute Gasteiger partial charge is 0.417 e. The summed E-state index contributed by atoms with van der Waals surface area (Å²) in [4.78, 5) is 20.0. The molecule has 3 aromatic rings. The minimum Gasteiger partial charge on any atom is -0.456 e. The molecule has 0 radical (unpaired) electrons. The first-order valence-electron chi connectivity index (χ1n) is 8.36. The number of nitrogens with one attached hydrogen (secondary N) is 1. The van der Waals surface area contributed by atoms with Crippen molar-refractivity contribution < 1.29 is 22.7 Å². The molecule has 0 spiro atoms. The standard InChI is InChI=1S/C19H13Cl2F3N4O2/c1-10-27-16(15(25)9-30-18(29)11-2-4-13(20)5-3-11)8-28(10)17-14(21)6-12(7-26-17)19(22,23)24/h2-8,25H,9H2,1H3. The number of halogens is 5. The molecule has 1 aromatic carbocycles. The van der Waals surface area contributed by atoms with E-state index in [-0.39, 0.29) is 34.4 Å². The second kappa shape index (κ2) is 8.45. The Hall–Kier alpha value is -2.91. The van der Waals surface area contributed by atoms with Gasteiger partial charge in [0.05, 0.1) is 21.9 Å². The van der Waals surface area contributed by atoms with Crippen LogP contribution in [-0.4, -0.2) is 32.8 Å². The van der Waals surface area contributed by atoms with E-state index < -0.39 is 17.7 Å². The first-order chi connectivity index (χ1) is 14.1. The minimum absolute atomic E-state index is 0.0341. The summed E-state index contributed by atoms with van der Waals surface area (Å²) in [7, 11) is 0. The topological polar surface area (TPSA) is 80.9 Å². The van der Waals surface area contributed by atoms with E-state index >= 15 is 0 Å². The fourth-order valence-corrected chi connectivity index (χ4v) is 2.86. The van der Waals surface area contributed by atoms with E-state index in [9.17, 15) is 18.0 Å². The second-order valence-electron chi connectivity index (χ2n) is 6.13. The van der Waals surface area contributed by atoms with Gasteiger partial charge in [-0.15, -0.1) is 0 Å². The number of imidazole rings is 1. The number of carbonyl (C=O) groups excluding carboxylic acids is 1. The average Bonchev–Trinajstić information content (AvgIpc) is 3.07. The summed E-state index contributed by atoms with van der Waals surface area (Å²) < 4.78 is 44.8. The van der Waals surface area contributed by atoms with Gasteiger partial charge in [0.1, 0.15) is 18.1 Å². The van der Waals surface area contributed by atoms with Crippen LogP contribution in [0.15, 0.2) is 42.7 Å². The molecule has 6 nitrogen and oxygen atoms in total. The molecule has 0 unspecified atom stereocenters. The highest BCUT2D eigenvalue weighted by atomic mass is 35.5. The number of hydrogen-bond acceptors (Lipinski definition) is 5. The number of rotatable bonds is 5. The highest BCUT2D eigenvalue weighted by Crippen LogP contribution is 2.32. The van der Waals surface area contributed by atoms with E-state index in [2.05, 4.69) is 9.97 Å². The fourth-order valence-electron chi connectivity index (χ4n) is 2.48. The summed E-state index contributed by atoms with van der Waals surface area (Å²) in [5.74, 6) is -0.264. The maximum absolute atomic E-state index is 12.8.